The Bertz CT molecular complexity index is 290. The minimum Gasteiger partial charge on any atom is -0.353 e. The predicted molar refractivity (Wildman–Crippen MR) is 78.4 cm³/mol. The second-order valence-electron chi connectivity index (χ2n) is 6.11. The van der Waals surface area contributed by atoms with Crippen LogP contribution in [0.25, 0.3) is 0 Å². The van der Waals surface area contributed by atoms with Gasteiger partial charge in [-0.1, -0.05) is 32.6 Å². The second kappa shape index (κ2) is 7.99. The van der Waals surface area contributed by atoms with Crippen molar-refractivity contribution in [3.05, 3.63) is 0 Å². The maximum atomic E-state index is 11.9. The number of carbonyl (C=O) groups is 1. The average Bonchev–Trinajstić information content (AvgIpc) is 2.90. The van der Waals surface area contributed by atoms with Crippen LogP contribution >= 0.6 is 0 Å². The average molecular weight is 283 g/mol. The summed E-state index contributed by atoms with van der Waals surface area (Å²) in [6.07, 6.45) is 10.4. The fourth-order valence-electron chi connectivity index (χ4n) is 3.18. The van der Waals surface area contributed by atoms with E-state index in [1.54, 1.807) is 0 Å². The summed E-state index contributed by atoms with van der Waals surface area (Å²) in [6, 6.07) is 0.316. The molecule has 116 valence electrons. The van der Waals surface area contributed by atoms with Crippen LogP contribution in [0.1, 0.15) is 71.1 Å². The molecule has 0 aromatic rings. The fourth-order valence-corrected chi connectivity index (χ4v) is 3.18. The Morgan fingerprint density at radius 3 is 2.40 bits per heavy atom. The molecule has 1 amide bonds. The Balaban J connectivity index is 1.56. The first-order chi connectivity index (χ1) is 9.74. The summed E-state index contributed by atoms with van der Waals surface area (Å²) in [7, 11) is 0. The SMILES string of the molecule is CCCCCCCC(=O)NC1CCC2(CC1)OCCO2. The molecule has 0 aromatic heterocycles. The molecule has 0 unspecified atom stereocenters. The molecule has 1 spiro atoms. The molecular formula is C16H29NO3. The van der Waals surface area contributed by atoms with Crippen molar-refractivity contribution in [2.45, 2.75) is 83.0 Å². The second-order valence-corrected chi connectivity index (χ2v) is 6.11. The maximum absolute atomic E-state index is 11.9. The summed E-state index contributed by atoms with van der Waals surface area (Å²) < 4.78 is 11.4. The summed E-state index contributed by atoms with van der Waals surface area (Å²) >= 11 is 0. The van der Waals surface area contributed by atoms with Crippen LogP contribution in [0.2, 0.25) is 0 Å². The Hall–Kier alpha value is -0.610. The Morgan fingerprint density at radius 2 is 1.75 bits per heavy atom. The summed E-state index contributed by atoms with van der Waals surface area (Å²) in [6.45, 7) is 3.64. The van der Waals surface area contributed by atoms with E-state index in [1.165, 1.54) is 25.7 Å². The van der Waals surface area contributed by atoms with Crippen LogP contribution in [0.15, 0.2) is 0 Å². The van der Waals surface area contributed by atoms with Gasteiger partial charge in [-0.2, -0.15) is 0 Å². The lowest BCUT2D eigenvalue weighted by Gasteiger charge is -2.35. The van der Waals surface area contributed by atoms with E-state index >= 15 is 0 Å². The maximum Gasteiger partial charge on any atom is 0.220 e. The van der Waals surface area contributed by atoms with Gasteiger partial charge >= 0.3 is 0 Å². The summed E-state index contributed by atoms with van der Waals surface area (Å²) in [4.78, 5) is 11.9. The summed E-state index contributed by atoms with van der Waals surface area (Å²) in [5, 5.41) is 3.17. The topological polar surface area (TPSA) is 47.6 Å². The van der Waals surface area contributed by atoms with Gasteiger partial charge in [0.25, 0.3) is 0 Å². The van der Waals surface area contributed by atoms with Gasteiger partial charge in [-0.3, -0.25) is 4.79 Å². The number of carbonyl (C=O) groups excluding carboxylic acids is 1. The van der Waals surface area contributed by atoms with Crippen LogP contribution in [0.5, 0.6) is 0 Å². The molecule has 1 aliphatic heterocycles. The number of hydrogen-bond donors (Lipinski definition) is 1. The zero-order valence-electron chi connectivity index (χ0n) is 12.8. The van der Waals surface area contributed by atoms with Crippen LogP contribution in [0, 0.1) is 0 Å². The lowest BCUT2D eigenvalue weighted by Crippen LogP contribution is -2.43. The Kier molecular flexibility index (Phi) is 6.30. The molecule has 1 saturated heterocycles. The lowest BCUT2D eigenvalue weighted by atomic mass is 9.90. The van der Waals surface area contributed by atoms with Crippen molar-refractivity contribution in [3.8, 4) is 0 Å². The van der Waals surface area contributed by atoms with Crippen LogP contribution in [-0.4, -0.2) is 30.9 Å². The van der Waals surface area contributed by atoms with Gasteiger partial charge < -0.3 is 14.8 Å². The fraction of sp³-hybridized carbons (Fsp3) is 0.938. The molecule has 0 aromatic carbocycles. The first-order valence-electron chi connectivity index (χ1n) is 8.31. The zero-order valence-corrected chi connectivity index (χ0v) is 12.8. The molecule has 1 aliphatic carbocycles. The number of unbranched alkanes of at least 4 members (excludes halogenated alkanes) is 4. The number of rotatable bonds is 7. The third-order valence-corrected chi connectivity index (χ3v) is 4.43. The highest BCUT2D eigenvalue weighted by Gasteiger charge is 2.40. The smallest absolute Gasteiger partial charge is 0.220 e. The van der Waals surface area contributed by atoms with E-state index in [9.17, 15) is 4.79 Å². The Labute approximate surface area is 122 Å². The number of nitrogens with one attached hydrogen (secondary N) is 1. The molecule has 2 aliphatic rings. The van der Waals surface area contributed by atoms with E-state index in [4.69, 9.17) is 9.47 Å². The number of amides is 1. The van der Waals surface area contributed by atoms with Gasteiger partial charge in [0.15, 0.2) is 5.79 Å². The van der Waals surface area contributed by atoms with E-state index in [2.05, 4.69) is 12.2 Å². The van der Waals surface area contributed by atoms with Crippen LogP contribution < -0.4 is 5.32 Å². The quantitative estimate of drug-likeness (QED) is 0.730. The molecule has 0 bridgehead atoms. The first-order valence-corrected chi connectivity index (χ1v) is 8.31. The van der Waals surface area contributed by atoms with Gasteiger partial charge in [-0.05, 0) is 19.3 Å². The molecule has 20 heavy (non-hydrogen) atoms. The van der Waals surface area contributed by atoms with Crippen LogP contribution in [-0.2, 0) is 14.3 Å². The normalized spacial score (nSPS) is 22.2. The van der Waals surface area contributed by atoms with Crippen molar-refractivity contribution in [2.75, 3.05) is 13.2 Å². The van der Waals surface area contributed by atoms with Crippen molar-refractivity contribution < 1.29 is 14.3 Å². The number of hydrogen-bond acceptors (Lipinski definition) is 3. The van der Waals surface area contributed by atoms with Gasteiger partial charge in [-0.25, -0.2) is 0 Å². The molecule has 1 heterocycles. The Morgan fingerprint density at radius 1 is 1.10 bits per heavy atom. The monoisotopic (exact) mass is 283 g/mol. The summed E-state index contributed by atoms with van der Waals surface area (Å²) in [5.41, 5.74) is 0. The molecular weight excluding hydrogens is 254 g/mol. The largest absolute Gasteiger partial charge is 0.353 e. The minimum atomic E-state index is -0.318. The highest BCUT2D eigenvalue weighted by Crippen LogP contribution is 2.35. The standard InChI is InChI=1S/C16H29NO3/c1-2-3-4-5-6-7-15(18)17-14-8-10-16(11-9-14)19-12-13-20-16/h14H,2-13H2,1H3,(H,17,18). The van der Waals surface area contributed by atoms with E-state index in [0.29, 0.717) is 12.5 Å². The molecule has 1 N–H and O–H groups in total. The first kappa shape index (κ1) is 15.8. The molecule has 0 radical (unpaired) electrons. The molecule has 2 fully saturated rings. The lowest BCUT2D eigenvalue weighted by molar-refractivity contribution is -0.180. The van der Waals surface area contributed by atoms with Crippen LogP contribution in [0.4, 0.5) is 0 Å². The molecule has 1 saturated carbocycles. The van der Waals surface area contributed by atoms with E-state index in [-0.39, 0.29) is 11.7 Å². The van der Waals surface area contributed by atoms with Crippen LogP contribution in [0.3, 0.4) is 0 Å². The number of ether oxygens (including phenoxy) is 2. The van der Waals surface area contributed by atoms with Gasteiger partial charge in [-0.15, -0.1) is 0 Å². The van der Waals surface area contributed by atoms with Crippen molar-refractivity contribution >= 4 is 5.91 Å². The third-order valence-electron chi connectivity index (χ3n) is 4.43. The van der Waals surface area contributed by atoms with Crippen molar-refractivity contribution in [3.63, 3.8) is 0 Å². The van der Waals surface area contributed by atoms with E-state index in [1.807, 2.05) is 0 Å². The van der Waals surface area contributed by atoms with Crippen molar-refractivity contribution in [2.24, 2.45) is 0 Å². The molecule has 2 rings (SSSR count). The van der Waals surface area contributed by atoms with Gasteiger partial charge in [0.1, 0.15) is 0 Å². The highest BCUT2D eigenvalue weighted by atomic mass is 16.7. The molecule has 0 atom stereocenters. The van der Waals surface area contributed by atoms with Crippen molar-refractivity contribution in [1.29, 1.82) is 0 Å². The molecule has 4 nitrogen and oxygen atoms in total. The summed E-state index contributed by atoms with van der Waals surface area (Å²) in [5.74, 6) is -0.0998. The van der Waals surface area contributed by atoms with Crippen molar-refractivity contribution in [1.82, 2.24) is 5.32 Å². The minimum absolute atomic E-state index is 0.218. The third kappa shape index (κ3) is 4.74. The molecule has 4 heteroatoms. The highest BCUT2D eigenvalue weighted by molar-refractivity contribution is 5.76. The predicted octanol–water partition coefficient (Wildman–Crippen LogP) is 3.15. The van der Waals surface area contributed by atoms with E-state index in [0.717, 1.165) is 45.3 Å². The van der Waals surface area contributed by atoms with Gasteiger partial charge in [0.2, 0.25) is 5.91 Å². The van der Waals surface area contributed by atoms with Gasteiger partial charge in [0, 0.05) is 25.3 Å². The van der Waals surface area contributed by atoms with E-state index < -0.39 is 0 Å². The zero-order chi connectivity index (χ0) is 14.3. The van der Waals surface area contributed by atoms with Gasteiger partial charge in [0.05, 0.1) is 13.2 Å².